The molecule has 0 saturated carbocycles. The van der Waals surface area contributed by atoms with Gasteiger partial charge < -0.3 is 9.15 Å². The SMILES string of the molecule is O=C(N/N=C\c1ccccc1OC(=O)c1sc2ccccc2c1Cl)c1cc2ccccc2o1. The molecule has 6 nitrogen and oxygen atoms in total. The van der Waals surface area contributed by atoms with Gasteiger partial charge in [0.15, 0.2) is 5.76 Å². The van der Waals surface area contributed by atoms with Crippen LogP contribution in [-0.2, 0) is 0 Å². The Morgan fingerprint density at radius 3 is 2.61 bits per heavy atom. The first-order valence-electron chi connectivity index (χ1n) is 9.90. The summed E-state index contributed by atoms with van der Waals surface area (Å²) in [7, 11) is 0. The second-order valence-electron chi connectivity index (χ2n) is 7.02. The van der Waals surface area contributed by atoms with Crippen LogP contribution in [0.4, 0.5) is 0 Å². The summed E-state index contributed by atoms with van der Waals surface area (Å²) in [5.41, 5.74) is 3.55. The molecular formula is C25H15ClN2O4S. The van der Waals surface area contributed by atoms with E-state index in [0.29, 0.717) is 21.0 Å². The van der Waals surface area contributed by atoms with E-state index in [9.17, 15) is 9.59 Å². The summed E-state index contributed by atoms with van der Waals surface area (Å²) >= 11 is 7.66. The van der Waals surface area contributed by atoms with Crippen LogP contribution in [0.15, 0.2) is 88.4 Å². The molecule has 162 valence electrons. The van der Waals surface area contributed by atoms with Crippen LogP contribution in [0.2, 0.25) is 5.02 Å². The van der Waals surface area contributed by atoms with Crippen LogP contribution >= 0.6 is 22.9 Å². The van der Waals surface area contributed by atoms with E-state index in [0.717, 1.165) is 15.5 Å². The molecule has 0 bridgehead atoms. The van der Waals surface area contributed by atoms with Crippen LogP contribution in [0.1, 0.15) is 25.8 Å². The molecule has 0 aliphatic carbocycles. The third-order valence-corrected chi connectivity index (χ3v) is 6.52. The lowest BCUT2D eigenvalue weighted by Gasteiger charge is -2.06. The number of nitrogens with one attached hydrogen (secondary N) is 1. The number of nitrogens with zero attached hydrogens (tertiary/aromatic N) is 1. The van der Waals surface area contributed by atoms with Gasteiger partial charge in [0.1, 0.15) is 16.2 Å². The molecule has 0 aliphatic heterocycles. The fourth-order valence-corrected chi connectivity index (χ4v) is 4.67. The molecule has 8 heteroatoms. The summed E-state index contributed by atoms with van der Waals surface area (Å²) in [6.45, 7) is 0. The van der Waals surface area contributed by atoms with Crippen molar-refractivity contribution in [1.29, 1.82) is 0 Å². The molecule has 0 radical (unpaired) electrons. The van der Waals surface area contributed by atoms with Crippen molar-refractivity contribution in [3.05, 3.63) is 100 Å². The highest BCUT2D eigenvalue weighted by molar-refractivity contribution is 7.21. The number of rotatable bonds is 5. The number of para-hydroxylation sites is 2. The number of halogens is 1. The van der Waals surface area contributed by atoms with E-state index in [-0.39, 0.29) is 11.5 Å². The highest BCUT2D eigenvalue weighted by atomic mass is 35.5. The predicted octanol–water partition coefficient (Wildman–Crippen LogP) is 6.28. The van der Waals surface area contributed by atoms with Gasteiger partial charge in [0.2, 0.25) is 0 Å². The maximum atomic E-state index is 12.8. The van der Waals surface area contributed by atoms with E-state index in [1.54, 1.807) is 36.4 Å². The number of esters is 1. The highest BCUT2D eigenvalue weighted by Gasteiger charge is 2.20. The summed E-state index contributed by atoms with van der Waals surface area (Å²) in [6, 6.07) is 23.3. The minimum Gasteiger partial charge on any atom is -0.451 e. The second kappa shape index (κ2) is 8.90. The molecule has 0 fully saturated rings. The number of thiophene rings is 1. The standard InChI is InChI=1S/C25H15ClN2O4S/c26-22-17-9-3-6-12-21(17)33-23(22)25(30)32-19-11-5-2-8-16(19)14-27-28-24(29)20-13-15-7-1-4-10-18(15)31-20/h1-14H,(H,28,29)/b27-14-. The van der Waals surface area contributed by atoms with Crippen LogP contribution in [-0.4, -0.2) is 18.1 Å². The quantitative estimate of drug-likeness (QED) is 0.140. The van der Waals surface area contributed by atoms with E-state index >= 15 is 0 Å². The third kappa shape index (κ3) is 4.24. The van der Waals surface area contributed by atoms with Gasteiger partial charge in [0.05, 0.1) is 11.2 Å². The number of carbonyl (C=O) groups excluding carboxylic acids is 2. The lowest BCUT2D eigenvalue weighted by atomic mass is 10.2. The van der Waals surface area contributed by atoms with Crippen molar-refractivity contribution in [2.24, 2.45) is 5.10 Å². The first-order valence-corrected chi connectivity index (χ1v) is 11.1. The topological polar surface area (TPSA) is 80.9 Å². The van der Waals surface area contributed by atoms with Crippen LogP contribution in [0.3, 0.4) is 0 Å². The average molecular weight is 475 g/mol. The Morgan fingerprint density at radius 1 is 1.00 bits per heavy atom. The molecule has 5 rings (SSSR count). The van der Waals surface area contributed by atoms with Crippen LogP contribution in [0.5, 0.6) is 5.75 Å². The number of hydrogen-bond acceptors (Lipinski definition) is 6. The molecule has 2 aromatic heterocycles. The Morgan fingerprint density at radius 2 is 1.76 bits per heavy atom. The first-order chi connectivity index (χ1) is 16.1. The van der Waals surface area contributed by atoms with Crippen LogP contribution in [0, 0.1) is 0 Å². The van der Waals surface area contributed by atoms with E-state index in [4.69, 9.17) is 20.8 Å². The molecule has 0 spiro atoms. The first kappa shape index (κ1) is 20.9. The number of fused-ring (bicyclic) bond motifs is 2. The minimum absolute atomic E-state index is 0.146. The van der Waals surface area contributed by atoms with Gasteiger partial charge >= 0.3 is 11.9 Å². The molecule has 1 amide bonds. The molecule has 0 unspecified atom stereocenters. The van der Waals surface area contributed by atoms with E-state index in [1.807, 2.05) is 42.5 Å². The Labute approximate surface area is 197 Å². The molecule has 3 aromatic carbocycles. The van der Waals surface area contributed by atoms with Crippen molar-refractivity contribution < 1.29 is 18.7 Å². The van der Waals surface area contributed by atoms with Crippen molar-refractivity contribution >= 4 is 62.1 Å². The van der Waals surface area contributed by atoms with Gasteiger partial charge in [0.25, 0.3) is 0 Å². The fourth-order valence-electron chi connectivity index (χ4n) is 3.28. The van der Waals surface area contributed by atoms with Crippen molar-refractivity contribution in [2.45, 2.75) is 0 Å². The smallest absolute Gasteiger partial charge is 0.355 e. The molecule has 0 saturated heterocycles. The number of amides is 1. The maximum Gasteiger partial charge on any atom is 0.355 e. The summed E-state index contributed by atoms with van der Waals surface area (Å²) in [6.07, 6.45) is 1.40. The average Bonchev–Trinajstić information content (AvgIpc) is 3.42. The Hall–Kier alpha value is -3.94. The van der Waals surface area contributed by atoms with Gasteiger partial charge in [-0.05, 0) is 30.3 Å². The zero-order valence-corrected chi connectivity index (χ0v) is 18.5. The minimum atomic E-state index is -0.562. The van der Waals surface area contributed by atoms with Crippen molar-refractivity contribution in [2.75, 3.05) is 0 Å². The van der Waals surface area contributed by atoms with E-state index in [1.165, 1.54) is 17.6 Å². The van der Waals surface area contributed by atoms with Gasteiger partial charge in [-0.25, -0.2) is 10.2 Å². The fraction of sp³-hybridized carbons (Fsp3) is 0. The monoisotopic (exact) mass is 474 g/mol. The third-order valence-electron chi connectivity index (χ3n) is 4.86. The Kier molecular flexibility index (Phi) is 5.64. The number of benzene rings is 3. The van der Waals surface area contributed by atoms with Crippen LogP contribution in [0.25, 0.3) is 21.1 Å². The van der Waals surface area contributed by atoms with Gasteiger partial charge in [-0.1, -0.05) is 60.1 Å². The lowest BCUT2D eigenvalue weighted by molar-refractivity contribution is 0.0739. The summed E-state index contributed by atoms with van der Waals surface area (Å²) in [4.78, 5) is 25.5. The Bertz CT molecular complexity index is 1500. The molecular weight excluding hydrogens is 460 g/mol. The highest BCUT2D eigenvalue weighted by Crippen LogP contribution is 2.36. The van der Waals surface area contributed by atoms with Gasteiger partial charge in [0, 0.05) is 21.0 Å². The molecule has 5 aromatic rings. The van der Waals surface area contributed by atoms with Crippen molar-refractivity contribution in [3.63, 3.8) is 0 Å². The van der Waals surface area contributed by atoms with Crippen LogP contribution < -0.4 is 10.2 Å². The molecule has 1 N–H and O–H groups in total. The summed E-state index contributed by atoms with van der Waals surface area (Å²) < 4.78 is 12.0. The van der Waals surface area contributed by atoms with E-state index in [2.05, 4.69) is 10.5 Å². The largest absolute Gasteiger partial charge is 0.451 e. The lowest BCUT2D eigenvalue weighted by Crippen LogP contribution is -2.17. The normalized spacial score (nSPS) is 11.3. The van der Waals surface area contributed by atoms with Crippen molar-refractivity contribution in [1.82, 2.24) is 5.43 Å². The number of furan rings is 1. The van der Waals surface area contributed by atoms with Gasteiger partial charge in [-0.15, -0.1) is 11.3 Å². The Balaban J connectivity index is 1.32. The summed E-state index contributed by atoms with van der Waals surface area (Å²) in [5, 5.41) is 5.98. The van der Waals surface area contributed by atoms with Gasteiger partial charge in [-0.3, -0.25) is 4.79 Å². The maximum absolute atomic E-state index is 12.8. The number of hydrazone groups is 1. The molecule has 2 heterocycles. The summed E-state index contributed by atoms with van der Waals surface area (Å²) in [5.74, 6) is -0.618. The van der Waals surface area contributed by atoms with Gasteiger partial charge in [-0.2, -0.15) is 5.10 Å². The predicted molar refractivity (Wildman–Crippen MR) is 130 cm³/mol. The molecule has 0 aliphatic rings. The molecule has 33 heavy (non-hydrogen) atoms. The van der Waals surface area contributed by atoms with E-state index < -0.39 is 11.9 Å². The zero-order valence-electron chi connectivity index (χ0n) is 16.9. The zero-order chi connectivity index (χ0) is 22.8. The number of hydrogen-bond donors (Lipinski definition) is 1. The van der Waals surface area contributed by atoms with Crippen molar-refractivity contribution in [3.8, 4) is 5.75 Å². The molecule has 0 atom stereocenters. The number of carbonyl (C=O) groups is 2. The second-order valence-corrected chi connectivity index (χ2v) is 8.45. The number of ether oxygens (including phenoxy) is 1.